The lowest BCUT2D eigenvalue weighted by Gasteiger charge is -2.20. The molecule has 1 aliphatic carbocycles. The van der Waals surface area contributed by atoms with E-state index in [9.17, 15) is 4.79 Å². The van der Waals surface area contributed by atoms with Gasteiger partial charge in [0.15, 0.2) is 0 Å². The molecule has 0 aromatic carbocycles. The van der Waals surface area contributed by atoms with E-state index in [0.717, 1.165) is 30.5 Å². The van der Waals surface area contributed by atoms with Crippen LogP contribution in [-0.2, 0) is 17.8 Å². The molecule has 0 fully saturated rings. The van der Waals surface area contributed by atoms with Crippen LogP contribution in [0.15, 0.2) is 36.1 Å². The summed E-state index contributed by atoms with van der Waals surface area (Å²) in [5.74, 6) is -0.0273. The number of amides is 1. The highest BCUT2D eigenvalue weighted by Crippen LogP contribution is 2.35. The van der Waals surface area contributed by atoms with Gasteiger partial charge in [0.1, 0.15) is 0 Å². The minimum Gasteiger partial charge on any atom is -0.386 e. The summed E-state index contributed by atoms with van der Waals surface area (Å²) in [7, 11) is 0. The van der Waals surface area contributed by atoms with Gasteiger partial charge >= 0.3 is 0 Å². The van der Waals surface area contributed by atoms with E-state index in [-0.39, 0.29) is 11.9 Å². The Morgan fingerprint density at radius 2 is 2.38 bits per heavy atom. The van der Waals surface area contributed by atoms with Crippen LogP contribution in [0.4, 0.5) is 0 Å². The molecule has 0 saturated carbocycles. The maximum absolute atomic E-state index is 12.6. The van der Waals surface area contributed by atoms with Gasteiger partial charge in [0.05, 0.1) is 11.6 Å². The lowest BCUT2D eigenvalue weighted by atomic mass is 9.99. The van der Waals surface area contributed by atoms with E-state index in [1.54, 1.807) is 29.9 Å². The van der Waals surface area contributed by atoms with Gasteiger partial charge in [0.25, 0.3) is 5.91 Å². The van der Waals surface area contributed by atoms with Crippen molar-refractivity contribution in [2.24, 2.45) is 0 Å². The Morgan fingerprint density at radius 3 is 3.33 bits per heavy atom. The van der Waals surface area contributed by atoms with Crippen molar-refractivity contribution in [3.8, 4) is 0 Å². The third kappa shape index (κ3) is 2.14. The first-order valence-corrected chi connectivity index (χ1v) is 7.95. The number of rotatable bonds is 2. The van der Waals surface area contributed by atoms with Gasteiger partial charge in [-0.25, -0.2) is 0 Å². The van der Waals surface area contributed by atoms with Crippen molar-refractivity contribution in [3.05, 3.63) is 57.7 Å². The molecule has 0 radical (unpaired) electrons. The van der Waals surface area contributed by atoms with Crippen LogP contribution in [-0.4, -0.2) is 10.9 Å². The highest BCUT2D eigenvalue weighted by molar-refractivity contribution is 7.10. The molecule has 1 amide bonds. The number of nitrogens with zero attached hydrogens (tertiary/aromatic N) is 1. The number of hydrogen-bond acceptors (Lipinski definition) is 4. The van der Waals surface area contributed by atoms with E-state index in [1.807, 2.05) is 6.07 Å². The molecule has 3 heterocycles. The highest BCUT2D eigenvalue weighted by Gasteiger charge is 2.27. The topological polar surface area (TPSA) is 54.0 Å². The van der Waals surface area contributed by atoms with E-state index in [4.69, 9.17) is 0 Å². The molecule has 21 heavy (non-hydrogen) atoms. The Hall–Kier alpha value is -2.14. The molecule has 1 aliphatic heterocycles. The summed E-state index contributed by atoms with van der Waals surface area (Å²) in [6, 6.07) is 4.22. The maximum Gasteiger partial charge on any atom is 0.253 e. The van der Waals surface area contributed by atoms with Crippen molar-refractivity contribution in [1.29, 1.82) is 0 Å². The maximum atomic E-state index is 12.6. The third-order valence-electron chi connectivity index (χ3n) is 4.11. The Bertz CT molecular complexity index is 735. The first kappa shape index (κ1) is 12.6. The number of aromatic nitrogens is 1. The lowest BCUT2D eigenvalue weighted by Crippen LogP contribution is -2.30. The Balaban J connectivity index is 1.58. The zero-order chi connectivity index (χ0) is 14.2. The summed E-state index contributed by atoms with van der Waals surface area (Å²) in [6.07, 6.45) is 7.38. The second kappa shape index (κ2) is 5.00. The van der Waals surface area contributed by atoms with Gasteiger partial charge < -0.3 is 10.6 Å². The Morgan fingerprint density at radius 1 is 1.43 bits per heavy atom. The van der Waals surface area contributed by atoms with Crippen LogP contribution in [0.25, 0.3) is 5.57 Å². The fraction of sp³-hybridized carbons (Fsp3) is 0.250. The standard InChI is InChI=1S/C16H15N3OS/c20-16(19-14-1-2-15-11(14)4-6-21-15)13-9-18-7-10-3-5-17-8-12(10)13/h3-6,8-9,14,18H,1-2,7H2,(H,19,20). The average molecular weight is 297 g/mol. The summed E-state index contributed by atoms with van der Waals surface area (Å²) in [4.78, 5) is 18.1. The second-order valence-corrected chi connectivity index (χ2v) is 6.34. The molecule has 0 spiro atoms. The third-order valence-corrected chi connectivity index (χ3v) is 5.10. The zero-order valence-corrected chi connectivity index (χ0v) is 12.2. The lowest BCUT2D eigenvalue weighted by molar-refractivity contribution is -0.116. The van der Waals surface area contributed by atoms with Crippen molar-refractivity contribution in [3.63, 3.8) is 0 Å². The SMILES string of the molecule is O=C(NC1CCc2sccc21)C1=CNCc2ccncc21. The van der Waals surface area contributed by atoms with Gasteiger partial charge in [0, 0.05) is 35.6 Å². The summed E-state index contributed by atoms with van der Waals surface area (Å²) >= 11 is 1.78. The normalized spacial score (nSPS) is 19.2. The van der Waals surface area contributed by atoms with Crippen LogP contribution in [0.3, 0.4) is 0 Å². The molecule has 2 aromatic heterocycles. The molecule has 0 bridgehead atoms. The molecular formula is C16H15N3OS. The van der Waals surface area contributed by atoms with Gasteiger partial charge in [-0.15, -0.1) is 11.3 Å². The summed E-state index contributed by atoms with van der Waals surface area (Å²) < 4.78 is 0. The summed E-state index contributed by atoms with van der Waals surface area (Å²) in [5, 5.41) is 8.43. The van der Waals surface area contributed by atoms with Gasteiger partial charge in [-0.2, -0.15) is 0 Å². The molecule has 2 aliphatic rings. The monoisotopic (exact) mass is 297 g/mol. The van der Waals surface area contributed by atoms with Crippen molar-refractivity contribution in [1.82, 2.24) is 15.6 Å². The predicted molar refractivity (Wildman–Crippen MR) is 82.6 cm³/mol. The number of fused-ring (bicyclic) bond motifs is 2. The largest absolute Gasteiger partial charge is 0.386 e. The Labute approximate surface area is 126 Å². The zero-order valence-electron chi connectivity index (χ0n) is 11.4. The van der Waals surface area contributed by atoms with Crippen molar-refractivity contribution >= 4 is 22.8 Å². The van der Waals surface area contributed by atoms with Crippen LogP contribution >= 0.6 is 11.3 Å². The minimum absolute atomic E-state index is 0.0273. The fourth-order valence-corrected chi connectivity index (χ4v) is 3.99. The van der Waals surface area contributed by atoms with E-state index >= 15 is 0 Å². The van der Waals surface area contributed by atoms with Crippen LogP contribution in [0.2, 0.25) is 0 Å². The second-order valence-electron chi connectivity index (χ2n) is 5.34. The van der Waals surface area contributed by atoms with E-state index in [1.165, 1.54) is 10.4 Å². The smallest absolute Gasteiger partial charge is 0.253 e. The van der Waals surface area contributed by atoms with Gasteiger partial charge in [-0.1, -0.05) is 0 Å². The molecule has 5 heteroatoms. The van der Waals surface area contributed by atoms with Crippen molar-refractivity contribution in [2.45, 2.75) is 25.4 Å². The number of nitrogens with one attached hydrogen (secondary N) is 2. The molecule has 0 saturated heterocycles. The van der Waals surface area contributed by atoms with Crippen LogP contribution in [0, 0.1) is 0 Å². The molecular weight excluding hydrogens is 282 g/mol. The van der Waals surface area contributed by atoms with Gasteiger partial charge in [-0.3, -0.25) is 9.78 Å². The van der Waals surface area contributed by atoms with Crippen LogP contribution in [0.1, 0.15) is 34.0 Å². The number of pyridine rings is 1. The fourth-order valence-electron chi connectivity index (χ4n) is 3.03. The Kier molecular flexibility index (Phi) is 3.00. The van der Waals surface area contributed by atoms with E-state index < -0.39 is 0 Å². The van der Waals surface area contributed by atoms with Crippen molar-refractivity contribution < 1.29 is 4.79 Å². The van der Waals surface area contributed by atoms with E-state index in [2.05, 4.69) is 27.1 Å². The first-order valence-electron chi connectivity index (χ1n) is 7.07. The number of carbonyl (C=O) groups excluding carboxylic acids is 1. The van der Waals surface area contributed by atoms with Crippen LogP contribution < -0.4 is 10.6 Å². The molecule has 4 nitrogen and oxygen atoms in total. The van der Waals surface area contributed by atoms with Crippen molar-refractivity contribution in [2.75, 3.05) is 0 Å². The van der Waals surface area contributed by atoms with Gasteiger partial charge in [-0.05, 0) is 41.5 Å². The van der Waals surface area contributed by atoms with Gasteiger partial charge in [0.2, 0.25) is 0 Å². The average Bonchev–Trinajstić information content (AvgIpc) is 3.12. The number of carbonyl (C=O) groups is 1. The molecule has 2 aromatic rings. The highest BCUT2D eigenvalue weighted by atomic mass is 32.1. The molecule has 106 valence electrons. The number of aryl methyl sites for hydroxylation is 1. The minimum atomic E-state index is -0.0273. The predicted octanol–water partition coefficient (Wildman–Crippen LogP) is 2.39. The molecule has 2 N–H and O–H groups in total. The van der Waals surface area contributed by atoms with E-state index in [0.29, 0.717) is 5.57 Å². The summed E-state index contributed by atoms with van der Waals surface area (Å²) in [6.45, 7) is 0.743. The number of thiophene rings is 1. The van der Waals surface area contributed by atoms with Crippen LogP contribution in [0.5, 0.6) is 0 Å². The quantitative estimate of drug-likeness (QED) is 0.895. The molecule has 1 atom stereocenters. The first-order chi connectivity index (χ1) is 10.3. The number of hydrogen-bond donors (Lipinski definition) is 2. The summed E-state index contributed by atoms with van der Waals surface area (Å²) in [5.41, 5.74) is 4.00. The molecule has 1 unspecified atom stereocenters. The molecule has 4 rings (SSSR count).